The molecule has 0 radical (unpaired) electrons. The Labute approximate surface area is 182 Å². The van der Waals surface area contributed by atoms with Crippen molar-refractivity contribution in [1.82, 2.24) is 29.8 Å². The monoisotopic (exact) mass is 425 g/mol. The van der Waals surface area contributed by atoms with Crippen molar-refractivity contribution in [2.75, 3.05) is 19.6 Å². The molecule has 1 aromatic heterocycles. The van der Waals surface area contributed by atoms with E-state index in [2.05, 4.69) is 27.0 Å². The molecule has 4 heterocycles. The SMILES string of the molecule is C=NN1C=C(C)C(N2CC[C@H](N)C2)=N/C1=C/C1CCCCN1C(=O)c1nnn(C)c1C. The largest absolute Gasteiger partial charge is 0.355 e. The van der Waals surface area contributed by atoms with Crippen LogP contribution in [0.25, 0.3) is 0 Å². The normalized spacial score (nSPS) is 25.7. The Bertz CT molecular complexity index is 960. The molecule has 0 saturated carbocycles. The molecule has 1 aromatic rings. The number of nitrogens with two attached hydrogens (primary N) is 1. The second-order valence-corrected chi connectivity index (χ2v) is 8.46. The standard InChI is InChI=1S/C21H31N9O/c1-14-12-30(23-3)18(24-20(14)28-10-8-16(22)13-28)11-17-7-5-6-9-29(17)21(31)19-15(2)27(4)26-25-19/h11-12,16-17H,3,5-10,13,22H2,1-2,4H3/b18-11-/t16-,17?/m0/s1. The molecule has 166 valence electrons. The highest BCUT2D eigenvalue weighted by Gasteiger charge is 2.31. The summed E-state index contributed by atoms with van der Waals surface area (Å²) < 4.78 is 1.63. The van der Waals surface area contributed by atoms with Crippen molar-refractivity contribution < 1.29 is 4.79 Å². The Hall–Kier alpha value is -3.01. The summed E-state index contributed by atoms with van der Waals surface area (Å²) in [5.74, 6) is 1.50. The Balaban J connectivity index is 1.64. The summed E-state index contributed by atoms with van der Waals surface area (Å²) in [6.07, 6.45) is 7.79. The Morgan fingerprint density at radius 3 is 2.74 bits per heavy atom. The summed E-state index contributed by atoms with van der Waals surface area (Å²) in [5, 5.41) is 13.9. The molecule has 2 atom stereocenters. The fraction of sp³-hybridized carbons (Fsp3) is 0.571. The van der Waals surface area contributed by atoms with E-state index in [9.17, 15) is 4.79 Å². The number of hydrogen-bond acceptors (Lipinski definition) is 8. The fourth-order valence-electron chi connectivity index (χ4n) is 4.37. The number of aliphatic imine (C=N–C) groups is 1. The van der Waals surface area contributed by atoms with Gasteiger partial charge in [-0.25, -0.2) is 10.0 Å². The van der Waals surface area contributed by atoms with Crippen LogP contribution in [-0.4, -0.2) is 80.0 Å². The van der Waals surface area contributed by atoms with Gasteiger partial charge >= 0.3 is 0 Å². The zero-order valence-electron chi connectivity index (χ0n) is 18.5. The van der Waals surface area contributed by atoms with E-state index in [0.717, 1.165) is 55.9 Å². The van der Waals surface area contributed by atoms with Crippen molar-refractivity contribution in [3.8, 4) is 0 Å². The lowest BCUT2D eigenvalue weighted by atomic mass is 10.0. The van der Waals surface area contributed by atoms with Crippen molar-refractivity contribution in [3.05, 3.63) is 35.1 Å². The lowest BCUT2D eigenvalue weighted by molar-refractivity contribution is 0.0655. The lowest BCUT2D eigenvalue weighted by Crippen LogP contribution is -2.43. The zero-order valence-corrected chi connectivity index (χ0v) is 18.5. The van der Waals surface area contributed by atoms with E-state index >= 15 is 0 Å². The van der Waals surface area contributed by atoms with Gasteiger partial charge in [-0.2, -0.15) is 5.10 Å². The lowest BCUT2D eigenvalue weighted by Gasteiger charge is -2.35. The maximum Gasteiger partial charge on any atom is 0.276 e. The fourth-order valence-corrected chi connectivity index (χ4v) is 4.37. The van der Waals surface area contributed by atoms with Crippen LogP contribution in [0.5, 0.6) is 0 Å². The van der Waals surface area contributed by atoms with Crippen LogP contribution in [0.3, 0.4) is 0 Å². The van der Waals surface area contributed by atoms with Gasteiger partial charge in [-0.3, -0.25) is 9.48 Å². The predicted octanol–water partition coefficient (Wildman–Crippen LogP) is 1.23. The van der Waals surface area contributed by atoms with Gasteiger partial charge in [-0.1, -0.05) is 5.21 Å². The number of hydrogen-bond donors (Lipinski definition) is 1. The van der Waals surface area contributed by atoms with Crippen LogP contribution in [0.4, 0.5) is 0 Å². The third-order valence-corrected chi connectivity index (χ3v) is 6.26. The molecule has 10 heteroatoms. The van der Waals surface area contributed by atoms with Crippen LogP contribution in [0.1, 0.15) is 48.8 Å². The van der Waals surface area contributed by atoms with Crippen LogP contribution in [0, 0.1) is 6.92 Å². The molecule has 3 aliphatic rings. The molecule has 0 spiro atoms. The zero-order chi connectivity index (χ0) is 22.1. The second-order valence-electron chi connectivity index (χ2n) is 8.46. The van der Waals surface area contributed by atoms with Crippen LogP contribution < -0.4 is 5.73 Å². The number of likely N-dealkylation sites (tertiary alicyclic amines) is 2. The number of aryl methyl sites for hydroxylation is 1. The number of hydrazone groups is 1. The summed E-state index contributed by atoms with van der Waals surface area (Å²) >= 11 is 0. The topological polar surface area (TPSA) is 108 Å². The van der Waals surface area contributed by atoms with Crippen LogP contribution in [0.15, 0.2) is 33.8 Å². The van der Waals surface area contributed by atoms with E-state index in [-0.39, 0.29) is 18.0 Å². The van der Waals surface area contributed by atoms with Crippen molar-refractivity contribution in [2.45, 2.75) is 51.6 Å². The molecule has 0 bridgehead atoms. The predicted molar refractivity (Wildman–Crippen MR) is 119 cm³/mol. The molecule has 0 aliphatic carbocycles. The van der Waals surface area contributed by atoms with E-state index in [1.807, 2.05) is 31.0 Å². The highest BCUT2D eigenvalue weighted by Crippen LogP contribution is 2.27. The average molecular weight is 426 g/mol. The molecule has 4 rings (SSSR count). The van der Waals surface area contributed by atoms with Crippen LogP contribution in [-0.2, 0) is 7.05 Å². The van der Waals surface area contributed by atoms with E-state index in [4.69, 9.17) is 10.7 Å². The molecular weight excluding hydrogens is 394 g/mol. The summed E-state index contributed by atoms with van der Waals surface area (Å²) in [6.45, 7) is 9.94. The average Bonchev–Trinajstić information content (AvgIpc) is 3.34. The van der Waals surface area contributed by atoms with Crippen molar-refractivity contribution in [3.63, 3.8) is 0 Å². The molecule has 1 amide bonds. The van der Waals surface area contributed by atoms with Crippen LogP contribution in [0.2, 0.25) is 0 Å². The van der Waals surface area contributed by atoms with Gasteiger partial charge in [0.2, 0.25) is 0 Å². The van der Waals surface area contributed by atoms with Gasteiger partial charge < -0.3 is 15.5 Å². The van der Waals surface area contributed by atoms with Gasteiger partial charge in [0.25, 0.3) is 5.91 Å². The molecule has 1 unspecified atom stereocenters. The minimum absolute atomic E-state index is 0.0949. The quantitative estimate of drug-likeness (QED) is 0.730. The smallest absolute Gasteiger partial charge is 0.276 e. The van der Waals surface area contributed by atoms with Crippen molar-refractivity contribution >= 4 is 18.5 Å². The summed E-state index contributed by atoms with van der Waals surface area (Å²) in [7, 11) is 1.79. The van der Waals surface area contributed by atoms with Gasteiger partial charge in [0, 0.05) is 51.2 Å². The Morgan fingerprint density at radius 2 is 2.10 bits per heavy atom. The molecule has 10 nitrogen and oxygen atoms in total. The molecule has 31 heavy (non-hydrogen) atoms. The summed E-state index contributed by atoms with van der Waals surface area (Å²) in [6, 6.07) is 0.0692. The number of carbonyl (C=O) groups excluding carboxylic acids is 1. The minimum Gasteiger partial charge on any atom is -0.355 e. The Kier molecular flexibility index (Phi) is 5.90. The number of amides is 1. The summed E-state index contributed by atoms with van der Waals surface area (Å²) in [5.41, 5.74) is 8.29. The van der Waals surface area contributed by atoms with E-state index in [1.165, 1.54) is 0 Å². The highest BCUT2D eigenvalue weighted by atomic mass is 16.2. The van der Waals surface area contributed by atoms with Gasteiger partial charge in [-0.05, 0) is 45.6 Å². The first-order valence-electron chi connectivity index (χ1n) is 10.8. The maximum atomic E-state index is 13.3. The first-order valence-corrected chi connectivity index (χ1v) is 10.8. The molecule has 3 aliphatic heterocycles. The van der Waals surface area contributed by atoms with Crippen molar-refractivity contribution in [1.29, 1.82) is 0 Å². The molecule has 2 saturated heterocycles. The van der Waals surface area contributed by atoms with Gasteiger partial charge in [0.15, 0.2) is 11.5 Å². The van der Waals surface area contributed by atoms with E-state index in [1.54, 1.807) is 16.7 Å². The number of rotatable bonds is 3. The first-order chi connectivity index (χ1) is 14.9. The van der Waals surface area contributed by atoms with E-state index in [0.29, 0.717) is 18.1 Å². The number of amidine groups is 1. The summed E-state index contributed by atoms with van der Waals surface area (Å²) in [4.78, 5) is 22.3. The van der Waals surface area contributed by atoms with E-state index < -0.39 is 0 Å². The number of aromatic nitrogens is 3. The maximum absolute atomic E-state index is 13.3. The van der Waals surface area contributed by atoms with Crippen LogP contribution >= 0.6 is 0 Å². The molecule has 0 aromatic carbocycles. The highest BCUT2D eigenvalue weighted by molar-refractivity contribution is 5.99. The Morgan fingerprint density at radius 1 is 1.29 bits per heavy atom. The third-order valence-electron chi connectivity index (χ3n) is 6.26. The first kappa shape index (κ1) is 21.2. The van der Waals surface area contributed by atoms with Gasteiger partial charge in [0.1, 0.15) is 5.84 Å². The minimum atomic E-state index is -0.0976. The third kappa shape index (κ3) is 4.12. The number of nitrogens with zero attached hydrogens (tertiary/aromatic N) is 8. The molecule has 2 N–H and O–H groups in total. The number of carbonyl (C=O) groups is 1. The molecule has 2 fully saturated rings. The number of piperidine rings is 1. The van der Waals surface area contributed by atoms with Crippen molar-refractivity contribution in [2.24, 2.45) is 22.9 Å². The second kappa shape index (κ2) is 8.62. The van der Waals surface area contributed by atoms with Gasteiger partial charge in [0.05, 0.1) is 11.7 Å². The van der Waals surface area contributed by atoms with Gasteiger partial charge in [-0.15, -0.1) is 5.10 Å². The molecular formula is C21H31N9O.